The van der Waals surface area contributed by atoms with Crippen LogP contribution in [-0.4, -0.2) is 56.0 Å². The van der Waals surface area contributed by atoms with Crippen molar-refractivity contribution in [2.75, 3.05) is 23.9 Å². The molecule has 0 radical (unpaired) electrons. The molecule has 1 saturated heterocycles. The van der Waals surface area contributed by atoms with Gasteiger partial charge in [0.05, 0.1) is 33.6 Å². The largest absolute Gasteiger partial charge is 0.486 e. The van der Waals surface area contributed by atoms with Crippen molar-refractivity contribution >= 4 is 50.8 Å². The van der Waals surface area contributed by atoms with Crippen molar-refractivity contribution in [3.8, 4) is 5.75 Å². The van der Waals surface area contributed by atoms with Gasteiger partial charge in [0, 0.05) is 25.1 Å². The van der Waals surface area contributed by atoms with Crippen LogP contribution in [-0.2, 0) is 25.8 Å². The lowest BCUT2D eigenvalue weighted by Crippen LogP contribution is -2.45. The number of piperidine rings is 1. The fraction of sp³-hybridized carbons (Fsp3) is 0.333. The van der Waals surface area contributed by atoms with Crippen molar-refractivity contribution in [3.63, 3.8) is 0 Å². The number of carboxylic acids is 1. The summed E-state index contributed by atoms with van der Waals surface area (Å²) in [5.74, 6) is -2.08. The summed E-state index contributed by atoms with van der Waals surface area (Å²) in [6.07, 6.45) is -3.27. The summed E-state index contributed by atoms with van der Waals surface area (Å²) in [6, 6.07) is 12.3. The van der Waals surface area contributed by atoms with Crippen LogP contribution in [0.3, 0.4) is 0 Å². The molecule has 1 atom stereocenters. The van der Waals surface area contributed by atoms with Crippen molar-refractivity contribution in [1.29, 1.82) is 0 Å². The van der Waals surface area contributed by atoms with Crippen LogP contribution in [0, 0.1) is 11.7 Å². The van der Waals surface area contributed by atoms with Gasteiger partial charge >= 0.3 is 12.1 Å². The molecule has 1 N–H and O–H groups in total. The Labute approximate surface area is 274 Å². The summed E-state index contributed by atoms with van der Waals surface area (Å²) in [7, 11) is -4.57. The van der Waals surface area contributed by atoms with E-state index < -0.39 is 50.5 Å². The topological polar surface area (TPSA) is 104 Å². The minimum atomic E-state index is -4.78. The van der Waals surface area contributed by atoms with Gasteiger partial charge in [0.15, 0.2) is 0 Å². The zero-order valence-corrected chi connectivity index (χ0v) is 26.7. The van der Waals surface area contributed by atoms with E-state index in [0.29, 0.717) is 30.0 Å². The number of alkyl halides is 3. The number of hydrogen-bond acceptors (Lipinski definition) is 5. The number of anilines is 1. The zero-order valence-electron chi connectivity index (χ0n) is 25.1. The molecule has 1 fully saturated rings. The van der Waals surface area contributed by atoms with Crippen molar-refractivity contribution < 1.29 is 45.4 Å². The van der Waals surface area contributed by atoms with E-state index >= 15 is 0 Å². The van der Waals surface area contributed by atoms with Crippen LogP contribution in [0.2, 0.25) is 5.02 Å². The molecule has 14 heteroatoms. The van der Waals surface area contributed by atoms with Crippen LogP contribution < -0.4 is 9.04 Å². The normalized spacial score (nSPS) is 17.7. The molecule has 47 heavy (non-hydrogen) atoms. The number of aliphatic carboxylic acids is 1. The lowest BCUT2D eigenvalue weighted by atomic mass is 9.97. The molecule has 2 aliphatic rings. The fourth-order valence-electron chi connectivity index (χ4n) is 5.77. The molecule has 2 aliphatic heterocycles. The molecule has 1 amide bonds. The van der Waals surface area contributed by atoms with E-state index in [9.17, 15) is 40.7 Å². The van der Waals surface area contributed by atoms with E-state index in [4.69, 9.17) is 16.3 Å². The maximum Gasteiger partial charge on any atom is 0.416 e. The standard InChI is InChI=1S/C33H31ClF4N2O6S/c1-20(31-26(34)6-3-7-27(31)35)16-21-8-10-29-28(17-21)40(47(44,45)25-5-2-4-23(18-25)33(36,37)38)19-24(46-29)9-11-30(41)39-14-12-22(13-15-39)32(42)43/h2-8,10,16-18,22,24H,9,11-15,19H2,1H3,(H,42,43)/t24-/m0/s1. The number of hydrogen-bond donors (Lipinski definition) is 1. The monoisotopic (exact) mass is 694 g/mol. The molecule has 5 rings (SSSR count). The van der Waals surface area contributed by atoms with Gasteiger partial charge in [-0.2, -0.15) is 13.2 Å². The molecule has 0 bridgehead atoms. The van der Waals surface area contributed by atoms with E-state index in [2.05, 4.69) is 0 Å². The SMILES string of the molecule is CC(=Cc1ccc2c(c1)N(S(=O)(=O)c1cccc(C(F)(F)F)c1)C[C@H](CCC(=O)N1CCC(C(=O)O)CC1)O2)c1c(F)cccc1Cl. The van der Waals surface area contributed by atoms with Gasteiger partial charge in [-0.25, -0.2) is 12.8 Å². The molecule has 0 spiro atoms. The number of amides is 1. The molecule has 3 aromatic carbocycles. The lowest BCUT2D eigenvalue weighted by Gasteiger charge is -2.36. The Morgan fingerprint density at radius 1 is 1.06 bits per heavy atom. The predicted octanol–water partition coefficient (Wildman–Crippen LogP) is 7.12. The number of likely N-dealkylation sites (tertiary alicyclic amines) is 1. The number of benzene rings is 3. The van der Waals surface area contributed by atoms with Crippen LogP contribution in [0.15, 0.2) is 65.6 Å². The molecule has 0 unspecified atom stereocenters. The van der Waals surface area contributed by atoms with Crippen LogP contribution in [0.1, 0.15) is 49.3 Å². The third-order valence-electron chi connectivity index (χ3n) is 8.28. The smallest absolute Gasteiger partial charge is 0.416 e. The molecule has 8 nitrogen and oxygen atoms in total. The molecule has 0 aliphatic carbocycles. The Hall–Kier alpha value is -4.10. The van der Waals surface area contributed by atoms with Crippen molar-refractivity contribution in [2.24, 2.45) is 5.92 Å². The van der Waals surface area contributed by atoms with Crippen molar-refractivity contribution in [1.82, 2.24) is 4.90 Å². The lowest BCUT2D eigenvalue weighted by molar-refractivity contribution is -0.145. The van der Waals surface area contributed by atoms with E-state index in [-0.39, 0.29) is 60.4 Å². The third kappa shape index (κ3) is 7.57. The maximum atomic E-state index is 14.6. The van der Waals surface area contributed by atoms with Gasteiger partial charge in [-0.15, -0.1) is 0 Å². The van der Waals surface area contributed by atoms with E-state index in [1.165, 1.54) is 30.3 Å². The van der Waals surface area contributed by atoms with Crippen LogP contribution in [0.25, 0.3) is 11.6 Å². The third-order valence-corrected chi connectivity index (χ3v) is 10.4. The quantitative estimate of drug-likeness (QED) is 0.199. The van der Waals surface area contributed by atoms with Crippen molar-refractivity contribution in [2.45, 2.75) is 49.8 Å². The summed E-state index contributed by atoms with van der Waals surface area (Å²) in [6.45, 7) is 1.90. The molecule has 3 aromatic rings. The summed E-state index contributed by atoms with van der Waals surface area (Å²) in [5.41, 5.74) is -0.0157. The Morgan fingerprint density at radius 3 is 2.43 bits per heavy atom. The number of carboxylic acid groups (broad SMARTS) is 1. The number of fused-ring (bicyclic) bond motifs is 1. The highest BCUT2D eigenvalue weighted by Crippen LogP contribution is 2.40. The number of nitrogens with zero attached hydrogens (tertiary/aromatic N) is 2. The Bertz CT molecular complexity index is 1800. The highest BCUT2D eigenvalue weighted by atomic mass is 35.5. The van der Waals surface area contributed by atoms with Crippen LogP contribution >= 0.6 is 11.6 Å². The van der Waals surface area contributed by atoms with Gasteiger partial charge in [0.1, 0.15) is 17.7 Å². The summed E-state index contributed by atoms with van der Waals surface area (Å²) >= 11 is 6.22. The first-order valence-electron chi connectivity index (χ1n) is 14.8. The zero-order chi connectivity index (χ0) is 34.1. The molecule has 0 aromatic heterocycles. The first kappa shape index (κ1) is 34.2. The van der Waals surface area contributed by atoms with Gasteiger partial charge in [-0.05, 0) is 79.8 Å². The Morgan fingerprint density at radius 2 is 1.77 bits per heavy atom. The van der Waals surface area contributed by atoms with Gasteiger partial charge in [0.25, 0.3) is 10.0 Å². The molecule has 2 heterocycles. The average Bonchev–Trinajstić information content (AvgIpc) is 3.03. The number of allylic oxidation sites excluding steroid dienone is 1. The number of halogens is 5. The maximum absolute atomic E-state index is 14.6. The minimum absolute atomic E-state index is 0.0153. The first-order valence-corrected chi connectivity index (χ1v) is 16.6. The summed E-state index contributed by atoms with van der Waals surface area (Å²) in [5, 5.41) is 9.40. The van der Waals surface area contributed by atoms with Crippen molar-refractivity contribution in [3.05, 3.63) is 88.2 Å². The number of rotatable bonds is 8. The van der Waals surface area contributed by atoms with Gasteiger partial charge in [0.2, 0.25) is 5.91 Å². The van der Waals surface area contributed by atoms with Crippen LogP contribution in [0.5, 0.6) is 5.75 Å². The first-order chi connectivity index (χ1) is 22.1. The number of sulfonamides is 1. The highest BCUT2D eigenvalue weighted by molar-refractivity contribution is 7.92. The number of carbonyl (C=O) groups excluding carboxylic acids is 1. The number of carbonyl (C=O) groups is 2. The minimum Gasteiger partial charge on any atom is -0.486 e. The molecule has 250 valence electrons. The van der Waals surface area contributed by atoms with Gasteiger partial charge in [-0.1, -0.05) is 35.9 Å². The fourth-order valence-corrected chi connectivity index (χ4v) is 7.63. The molecular formula is C33H31ClF4N2O6S. The van der Waals surface area contributed by atoms with Crippen LogP contribution in [0.4, 0.5) is 23.2 Å². The second kappa shape index (κ2) is 13.6. The van der Waals surface area contributed by atoms with Gasteiger partial charge in [-0.3, -0.25) is 13.9 Å². The second-order valence-corrected chi connectivity index (χ2v) is 13.8. The summed E-state index contributed by atoms with van der Waals surface area (Å²) in [4.78, 5) is 25.2. The van der Waals surface area contributed by atoms with E-state index in [0.717, 1.165) is 22.5 Å². The van der Waals surface area contributed by atoms with E-state index in [1.807, 2.05) is 0 Å². The average molecular weight is 695 g/mol. The van der Waals surface area contributed by atoms with Gasteiger partial charge < -0.3 is 14.7 Å². The molecular weight excluding hydrogens is 664 g/mol. The summed E-state index contributed by atoms with van der Waals surface area (Å²) < 4.78 is 90.2. The van der Waals surface area contributed by atoms with E-state index in [1.54, 1.807) is 24.0 Å². The highest BCUT2D eigenvalue weighted by Gasteiger charge is 2.37. The second-order valence-electron chi connectivity index (χ2n) is 11.5. The Kier molecular flexibility index (Phi) is 9.88. The number of ether oxygens (including phenoxy) is 1. The predicted molar refractivity (Wildman–Crippen MR) is 168 cm³/mol. The molecule has 0 saturated carbocycles. The Balaban J connectivity index is 1.46.